The Bertz CT molecular complexity index is 453. The second kappa shape index (κ2) is 5.61. The highest BCUT2D eigenvalue weighted by Gasteiger charge is 2.31. The maximum absolute atomic E-state index is 12.2. The molecule has 0 spiro atoms. The highest BCUT2D eigenvalue weighted by Crippen LogP contribution is 2.25. The number of piperidine rings is 1. The van der Waals surface area contributed by atoms with E-state index in [0.29, 0.717) is 12.8 Å². The van der Waals surface area contributed by atoms with Gasteiger partial charge in [0.15, 0.2) is 5.78 Å². The first-order valence-electron chi connectivity index (χ1n) is 6.06. The lowest BCUT2D eigenvalue weighted by molar-refractivity contribution is -0.274. The molecule has 0 unspecified atom stereocenters. The molecule has 0 aliphatic carbocycles. The van der Waals surface area contributed by atoms with Crippen molar-refractivity contribution in [2.45, 2.75) is 19.2 Å². The van der Waals surface area contributed by atoms with Gasteiger partial charge in [0.05, 0.1) is 0 Å². The lowest BCUT2D eigenvalue weighted by Crippen LogP contribution is -2.31. The number of ketones is 1. The second-order valence-corrected chi connectivity index (χ2v) is 4.46. The van der Waals surface area contributed by atoms with Crippen molar-refractivity contribution in [3.05, 3.63) is 29.8 Å². The molecule has 19 heavy (non-hydrogen) atoms. The topological polar surface area (TPSA) is 38.3 Å². The molecule has 1 aliphatic heterocycles. The number of benzene rings is 1. The van der Waals surface area contributed by atoms with Crippen molar-refractivity contribution in [1.29, 1.82) is 0 Å². The number of halogens is 3. The van der Waals surface area contributed by atoms with Gasteiger partial charge in [-0.3, -0.25) is 4.79 Å². The molecule has 3 nitrogen and oxygen atoms in total. The third kappa shape index (κ3) is 3.96. The largest absolute Gasteiger partial charge is 0.573 e. The van der Waals surface area contributed by atoms with Crippen LogP contribution in [-0.2, 0) is 0 Å². The zero-order valence-electron chi connectivity index (χ0n) is 10.2. The van der Waals surface area contributed by atoms with Crippen LogP contribution in [0.4, 0.5) is 13.2 Å². The molecule has 1 heterocycles. The first-order chi connectivity index (χ1) is 8.96. The van der Waals surface area contributed by atoms with E-state index in [4.69, 9.17) is 0 Å². The molecule has 0 aromatic heterocycles. The Morgan fingerprint density at radius 3 is 2.58 bits per heavy atom. The van der Waals surface area contributed by atoms with Crippen LogP contribution in [0.1, 0.15) is 23.2 Å². The zero-order valence-corrected chi connectivity index (χ0v) is 10.2. The number of ether oxygens (including phenoxy) is 1. The van der Waals surface area contributed by atoms with Crippen LogP contribution in [0.25, 0.3) is 0 Å². The summed E-state index contributed by atoms with van der Waals surface area (Å²) < 4.78 is 40.2. The molecule has 1 N–H and O–H groups in total. The molecule has 1 aromatic carbocycles. The summed E-state index contributed by atoms with van der Waals surface area (Å²) in [6.07, 6.45) is -3.32. The molecule has 1 aliphatic rings. The fourth-order valence-corrected chi connectivity index (χ4v) is 2.17. The third-order valence-electron chi connectivity index (χ3n) is 3.06. The van der Waals surface area contributed by atoms with E-state index >= 15 is 0 Å². The Kier molecular flexibility index (Phi) is 4.09. The molecule has 2 rings (SSSR count). The van der Waals surface area contributed by atoms with Crippen LogP contribution in [0.15, 0.2) is 24.3 Å². The van der Waals surface area contributed by atoms with E-state index in [1.807, 2.05) is 0 Å². The van der Waals surface area contributed by atoms with Crippen LogP contribution in [-0.4, -0.2) is 25.2 Å². The number of carbonyl (C=O) groups excluding carboxylic acids is 1. The fraction of sp³-hybridized carbons (Fsp3) is 0.462. The number of rotatable bonds is 3. The Morgan fingerprint density at radius 2 is 1.95 bits per heavy atom. The van der Waals surface area contributed by atoms with Gasteiger partial charge in [-0.15, -0.1) is 13.2 Å². The third-order valence-corrected chi connectivity index (χ3v) is 3.06. The van der Waals surface area contributed by atoms with Gasteiger partial charge in [0.2, 0.25) is 0 Å². The van der Waals surface area contributed by atoms with E-state index in [1.54, 1.807) is 0 Å². The van der Waals surface area contributed by atoms with E-state index in [9.17, 15) is 18.0 Å². The van der Waals surface area contributed by atoms with Gasteiger partial charge in [-0.05, 0) is 38.1 Å². The van der Waals surface area contributed by atoms with Crippen LogP contribution in [0.3, 0.4) is 0 Å². The summed E-state index contributed by atoms with van der Waals surface area (Å²) in [7, 11) is 0. The van der Waals surface area contributed by atoms with Crippen molar-refractivity contribution in [2.24, 2.45) is 5.92 Å². The summed E-state index contributed by atoms with van der Waals surface area (Å²) >= 11 is 0. The molecule has 0 atom stereocenters. The average Bonchev–Trinajstić information content (AvgIpc) is 2.37. The molecule has 1 aromatic rings. The molecule has 0 bridgehead atoms. The minimum absolute atomic E-state index is 0.117. The Labute approximate surface area is 108 Å². The van der Waals surface area contributed by atoms with Gasteiger partial charge in [0.1, 0.15) is 5.75 Å². The minimum Gasteiger partial charge on any atom is -0.406 e. The van der Waals surface area contributed by atoms with Crippen LogP contribution < -0.4 is 10.1 Å². The molecule has 0 saturated carbocycles. The van der Waals surface area contributed by atoms with Crippen molar-refractivity contribution < 1.29 is 22.7 Å². The monoisotopic (exact) mass is 273 g/mol. The van der Waals surface area contributed by atoms with Crippen LogP contribution in [0.2, 0.25) is 0 Å². The maximum atomic E-state index is 12.2. The SMILES string of the molecule is O=C(c1cccc(OC(F)(F)F)c1)C1CCNCC1. The van der Waals surface area contributed by atoms with Crippen molar-refractivity contribution in [3.8, 4) is 5.75 Å². The smallest absolute Gasteiger partial charge is 0.406 e. The number of nitrogens with one attached hydrogen (secondary N) is 1. The lowest BCUT2D eigenvalue weighted by Gasteiger charge is -2.21. The molecule has 0 amide bonds. The summed E-state index contributed by atoms with van der Waals surface area (Å²) in [5.74, 6) is -0.594. The van der Waals surface area contributed by atoms with Gasteiger partial charge in [-0.1, -0.05) is 12.1 Å². The Morgan fingerprint density at radius 1 is 1.26 bits per heavy atom. The van der Waals surface area contributed by atoms with Crippen molar-refractivity contribution in [1.82, 2.24) is 5.32 Å². The number of hydrogen-bond donors (Lipinski definition) is 1. The summed E-state index contributed by atoms with van der Waals surface area (Å²) in [6.45, 7) is 1.52. The van der Waals surface area contributed by atoms with E-state index in [2.05, 4.69) is 10.1 Å². The van der Waals surface area contributed by atoms with Crippen LogP contribution in [0, 0.1) is 5.92 Å². The number of carbonyl (C=O) groups is 1. The summed E-state index contributed by atoms with van der Waals surface area (Å²) in [5.41, 5.74) is 0.272. The second-order valence-electron chi connectivity index (χ2n) is 4.46. The van der Waals surface area contributed by atoms with Gasteiger partial charge in [-0.2, -0.15) is 0 Å². The van der Waals surface area contributed by atoms with Crippen LogP contribution in [0.5, 0.6) is 5.75 Å². The maximum Gasteiger partial charge on any atom is 0.573 e. The summed E-state index contributed by atoms with van der Waals surface area (Å²) in [6, 6.07) is 5.26. The lowest BCUT2D eigenvalue weighted by atomic mass is 9.89. The Hall–Kier alpha value is -1.56. The van der Waals surface area contributed by atoms with E-state index in [-0.39, 0.29) is 23.0 Å². The molecule has 1 saturated heterocycles. The first kappa shape index (κ1) is 13.9. The van der Waals surface area contributed by atoms with E-state index in [1.165, 1.54) is 18.2 Å². The normalized spacial score (nSPS) is 17.2. The highest BCUT2D eigenvalue weighted by atomic mass is 19.4. The van der Waals surface area contributed by atoms with E-state index in [0.717, 1.165) is 19.2 Å². The minimum atomic E-state index is -4.74. The van der Waals surface area contributed by atoms with Crippen molar-refractivity contribution >= 4 is 5.78 Å². The van der Waals surface area contributed by atoms with Crippen LogP contribution >= 0.6 is 0 Å². The number of alkyl halides is 3. The quantitative estimate of drug-likeness (QED) is 0.861. The van der Waals surface area contributed by atoms with Gasteiger partial charge in [0, 0.05) is 11.5 Å². The molecule has 104 valence electrons. The fourth-order valence-electron chi connectivity index (χ4n) is 2.17. The van der Waals surface area contributed by atoms with Crippen molar-refractivity contribution in [2.75, 3.05) is 13.1 Å². The molecular formula is C13H14F3NO2. The number of Topliss-reactive ketones (excluding diaryl/α,β-unsaturated/α-hetero) is 1. The van der Waals surface area contributed by atoms with Gasteiger partial charge < -0.3 is 10.1 Å². The highest BCUT2D eigenvalue weighted by molar-refractivity contribution is 5.98. The molecule has 6 heteroatoms. The van der Waals surface area contributed by atoms with Crippen molar-refractivity contribution in [3.63, 3.8) is 0 Å². The molecular weight excluding hydrogens is 259 g/mol. The average molecular weight is 273 g/mol. The van der Waals surface area contributed by atoms with E-state index < -0.39 is 6.36 Å². The zero-order chi connectivity index (χ0) is 13.9. The predicted octanol–water partition coefficient (Wildman–Crippen LogP) is 2.77. The summed E-state index contributed by atoms with van der Waals surface area (Å²) in [5, 5.41) is 3.14. The number of hydrogen-bond acceptors (Lipinski definition) is 3. The molecule has 0 radical (unpaired) electrons. The Balaban J connectivity index is 2.11. The van der Waals surface area contributed by atoms with Gasteiger partial charge in [0.25, 0.3) is 0 Å². The van der Waals surface area contributed by atoms with Gasteiger partial charge >= 0.3 is 6.36 Å². The van der Waals surface area contributed by atoms with Gasteiger partial charge in [-0.25, -0.2) is 0 Å². The predicted molar refractivity (Wildman–Crippen MR) is 63.0 cm³/mol. The summed E-state index contributed by atoms with van der Waals surface area (Å²) in [4.78, 5) is 12.2. The first-order valence-corrected chi connectivity index (χ1v) is 6.06. The standard InChI is InChI=1S/C13H14F3NO2/c14-13(15,16)19-11-3-1-2-10(8-11)12(18)9-4-6-17-7-5-9/h1-3,8-9,17H,4-7H2. The molecule has 1 fully saturated rings.